The monoisotopic (exact) mass is 307 g/mol. The number of aromatic hydroxyl groups is 1. The molecule has 112 valence electrons. The zero-order valence-corrected chi connectivity index (χ0v) is 12.9. The van der Waals surface area contributed by atoms with Crippen LogP contribution in [0.15, 0.2) is 23.1 Å². The largest absolute Gasteiger partial charge is 0.504 e. The highest BCUT2D eigenvalue weighted by Crippen LogP contribution is 2.35. The van der Waals surface area contributed by atoms with E-state index in [2.05, 4.69) is 0 Å². The molecule has 1 fully saturated rings. The third-order valence-corrected chi connectivity index (χ3v) is 4.24. The maximum Gasteiger partial charge on any atom is 0.293 e. The number of thioether (sulfide) groups is 1. The summed E-state index contributed by atoms with van der Waals surface area (Å²) < 4.78 is 4.97. The van der Waals surface area contributed by atoms with Gasteiger partial charge >= 0.3 is 0 Å². The molecule has 2 rings (SSSR count). The average molecular weight is 307 g/mol. The summed E-state index contributed by atoms with van der Waals surface area (Å²) >= 11 is 0.922. The first-order valence-electron chi connectivity index (χ1n) is 6.62. The van der Waals surface area contributed by atoms with Crippen molar-refractivity contribution in [2.75, 3.05) is 7.11 Å². The van der Waals surface area contributed by atoms with Crippen molar-refractivity contribution in [3.8, 4) is 11.5 Å². The molecule has 1 unspecified atom stereocenters. The van der Waals surface area contributed by atoms with Gasteiger partial charge in [0, 0.05) is 6.04 Å². The summed E-state index contributed by atoms with van der Waals surface area (Å²) in [5.41, 5.74) is 0.642. The van der Waals surface area contributed by atoms with Crippen LogP contribution in [0.4, 0.5) is 4.79 Å². The van der Waals surface area contributed by atoms with E-state index < -0.39 is 0 Å². The van der Waals surface area contributed by atoms with Crippen LogP contribution in [-0.2, 0) is 4.79 Å². The molecule has 6 heteroatoms. The Hall–Kier alpha value is -1.95. The minimum Gasteiger partial charge on any atom is -0.504 e. The third-order valence-electron chi connectivity index (χ3n) is 3.36. The number of benzene rings is 1. The fourth-order valence-corrected chi connectivity index (χ4v) is 2.92. The van der Waals surface area contributed by atoms with Crippen molar-refractivity contribution in [3.05, 3.63) is 28.7 Å². The van der Waals surface area contributed by atoms with Crippen molar-refractivity contribution in [2.24, 2.45) is 0 Å². The molecule has 1 aromatic rings. The van der Waals surface area contributed by atoms with Gasteiger partial charge in [0.2, 0.25) is 0 Å². The maximum absolute atomic E-state index is 12.3. The molecule has 2 amide bonds. The minimum atomic E-state index is -0.283. The third kappa shape index (κ3) is 3.05. The van der Waals surface area contributed by atoms with Gasteiger partial charge in [-0.1, -0.05) is 13.0 Å². The summed E-state index contributed by atoms with van der Waals surface area (Å²) in [5, 5.41) is 9.49. The van der Waals surface area contributed by atoms with Crippen molar-refractivity contribution in [3.63, 3.8) is 0 Å². The van der Waals surface area contributed by atoms with Gasteiger partial charge in [0.05, 0.1) is 12.0 Å². The first-order chi connectivity index (χ1) is 9.97. The predicted octanol–water partition coefficient (Wildman–Crippen LogP) is 3.24. The number of nitrogens with zero attached hydrogens (tertiary/aromatic N) is 1. The van der Waals surface area contributed by atoms with Gasteiger partial charge in [0.1, 0.15) is 0 Å². The second kappa shape index (κ2) is 6.22. The summed E-state index contributed by atoms with van der Waals surface area (Å²) in [7, 11) is 1.46. The number of rotatable bonds is 4. The lowest BCUT2D eigenvalue weighted by Gasteiger charge is -2.19. The predicted molar refractivity (Wildman–Crippen MR) is 82.2 cm³/mol. The van der Waals surface area contributed by atoms with Crippen molar-refractivity contribution in [1.29, 1.82) is 0 Å². The fraction of sp³-hybridized carbons (Fsp3) is 0.333. The number of carbonyl (C=O) groups is 2. The van der Waals surface area contributed by atoms with E-state index in [0.29, 0.717) is 22.6 Å². The molecule has 1 N–H and O–H groups in total. The Morgan fingerprint density at radius 3 is 2.71 bits per heavy atom. The molecule has 0 bridgehead atoms. The number of phenolic OH excluding ortho intramolecular Hbond substituents is 1. The Morgan fingerprint density at radius 1 is 1.43 bits per heavy atom. The van der Waals surface area contributed by atoms with E-state index in [9.17, 15) is 14.7 Å². The smallest absolute Gasteiger partial charge is 0.293 e. The first-order valence-corrected chi connectivity index (χ1v) is 7.43. The Morgan fingerprint density at radius 2 is 2.14 bits per heavy atom. The van der Waals surface area contributed by atoms with Crippen LogP contribution in [0.1, 0.15) is 25.8 Å². The van der Waals surface area contributed by atoms with Gasteiger partial charge in [0.15, 0.2) is 11.5 Å². The summed E-state index contributed by atoms with van der Waals surface area (Å²) in [6.07, 6.45) is 2.32. The minimum absolute atomic E-state index is 0.00703. The van der Waals surface area contributed by atoms with E-state index in [-0.39, 0.29) is 22.9 Å². The summed E-state index contributed by atoms with van der Waals surface area (Å²) in [4.78, 5) is 25.8. The lowest BCUT2D eigenvalue weighted by atomic mass is 10.1. The second-order valence-corrected chi connectivity index (χ2v) is 5.73. The Kier molecular flexibility index (Phi) is 4.57. The average Bonchev–Trinajstić information content (AvgIpc) is 2.73. The highest BCUT2D eigenvalue weighted by molar-refractivity contribution is 8.18. The van der Waals surface area contributed by atoms with Crippen LogP contribution < -0.4 is 4.74 Å². The van der Waals surface area contributed by atoms with Crippen LogP contribution in [0, 0.1) is 0 Å². The maximum atomic E-state index is 12.3. The number of phenols is 1. The normalized spacial score (nSPS) is 18.4. The van der Waals surface area contributed by atoms with Crippen LogP contribution >= 0.6 is 11.8 Å². The molecular formula is C15H17NO4S. The number of amides is 2. The first kappa shape index (κ1) is 15.4. The molecule has 1 atom stereocenters. The summed E-state index contributed by atoms with van der Waals surface area (Å²) in [6, 6.07) is 4.71. The number of carbonyl (C=O) groups excluding carboxylic acids is 2. The fourth-order valence-electron chi connectivity index (χ4n) is 1.99. The van der Waals surface area contributed by atoms with Crippen LogP contribution in [0.5, 0.6) is 11.5 Å². The van der Waals surface area contributed by atoms with Crippen LogP contribution in [0.3, 0.4) is 0 Å². The molecule has 0 radical (unpaired) electrons. The second-order valence-electron chi connectivity index (χ2n) is 4.74. The van der Waals surface area contributed by atoms with Gasteiger partial charge in [-0.2, -0.15) is 0 Å². The molecule has 21 heavy (non-hydrogen) atoms. The van der Waals surface area contributed by atoms with Gasteiger partial charge in [-0.05, 0) is 48.9 Å². The van der Waals surface area contributed by atoms with Gasteiger partial charge in [-0.3, -0.25) is 14.5 Å². The van der Waals surface area contributed by atoms with E-state index in [0.717, 1.165) is 11.8 Å². The summed E-state index contributed by atoms with van der Waals surface area (Å²) in [5.74, 6) is 0.0712. The quantitative estimate of drug-likeness (QED) is 0.865. The SMILES string of the molecule is CCC(C)N1C(=O)S/C(=C/c2ccc(OC)c(O)c2)C1=O. The molecule has 0 saturated carbocycles. The zero-order chi connectivity index (χ0) is 15.6. The van der Waals surface area contributed by atoms with Crippen molar-refractivity contribution >= 4 is 29.0 Å². The number of methoxy groups -OCH3 is 1. The zero-order valence-electron chi connectivity index (χ0n) is 12.1. The van der Waals surface area contributed by atoms with Gasteiger partial charge in [0.25, 0.3) is 11.1 Å². The summed E-state index contributed by atoms with van der Waals surface area (Å²) in [6.45, 7) is 3.78. The number of hydrogen-bond donors (Lipinski definition) is 1. The lowest BCUT2D eigenvalue weighted by molar-refractivity contribution is -0.124. The molecule has 1 saturated heterocycles. The topological polar surface area (TPSA) is 66.8 Å². The Balaban J connectivity index is 2.28. The number of ether oxygens (including phenoxy) is 1. The molecule has 1 aliphatic heterocycles. The van der Waals surface area contributed by atoms with E-state index in [1.165, 1.54) is 18.1 Å². The van der Waals surface area contributed by atoms with Crippen molar-refractivity contribution in [1.82, 2.24) is 4.90 Å². The molecule has 1 aliphatic rings. The molecule has 1 heterocycles. The van der Waals surface area contributed by atoms with E-state index in [1.807, 2.05) is 13.8 Å². The number of hydrogen-bond acceptors (Lipinski definition) is 5. The van der Waals surface area contributed by atoms with Crippen molar-refractivity contribution < 1.29 is 19.4 Å². The molecule has 5 nitrogen and oxygen atoms in total. The van der Waals surface area contributed by atoms with Gasteiger partial charge < -0.3 is 9.84 Å². The molecule has 1 aromatic carbocycles. The highest BCUT2D eigenvalue weighted by atomic mass is 32.2. The van der Waals surface area contributed by atoms with E-state index in [1.54, 1.807) is 18.2 Å². The Labute approximate surface area is 127 Å². The van der Waals surface area contributed by atoms with E-state index >= 15 is 0 Å². The molecule has 0 spiro atoms. The van der Waals surface area contributed by atoms with Gasteiger partial charge in [-0.25, -0.2) is 0 Å². The molecule has 0 aliphatic carbocycles. The number of imide groups is 1. The molecule has 0 aromatic heterocycles. The standard InChI is InChI=1S/C15H17NO4S/c1-4-9(2)16-14(18)13(21-15(16)19)8-10-5-6-12(20-3)11(17)7-10/h5-9,17H,4H2,1-3H3/b13-8+. The van der Waals surface area contributed by atoms with E-state index in [4.69, 9.17) is 4.74 Å². The highest BCUT2D eigenvalue weighted by Gasteiger charge is 2.37. The Bertz CT molecular complexity index is 612. The molecular weight excluding hydrogens is 290 g/mol. The van der Waals surface area contributed by atoms with Crippen LogP contribution in [0.2, 0.25) is 0 Å². The van der Waals surface area contributed by atoms with Crippen molar-refractivity contribution in [2.45, 2.75) is 26.3 Å². The lowest BCUT2D eigenvalue weighted by Crippen LogP contribution is -2.36. The van der Waals surface area contributed by atoms with Crippen LogP contribution in [0.25, 0.3) is 6.08 Å². The van der Waals surface area contributed by atoms with Gasteiger partial charge in [-0.15, -0.1) is 0 Å². The van der Waals surface area contributed by atoms with Crippen LogP contribution in [-0.4, -0.2) is 34.3 Å².